The molecule has 2 amide bonds. The molecular formula is C18H33N3O. The minimum Gasteiger partial charge on any atom is -0.335 e. The standard InChI is InChI=1S/C18H33N3O/c1-2-21-11-5-8-17(13-21)20-18(22)19-16-10-9-14-6-3-4-7-15(14)12-16/h14-17H,2-13H2,1H3,(H2,19,20,22). The van der Waals surface area contributed by atoms with Crippen LogP contribution in [-0.2, 0) is 0 Å². The Morgan fingerprint density at radius 1 is 0.955 bits per heavy atom. The third-order valence-corrected chi connectivity index (χ3v) is 6.16. The molecule has 2 N–H and O–H groups in total. The Kier molecular flexibility index (Phi) is 5.61. The van der Waals surface area contributed by atoms with Crippen molar-refractivity contribution in [3.05, 3.63) is 0 Å². The molecule has 1 saturated heterocycles. The molecule has 2 saturated carbocycles. The highest BCUT2D eigenvalue weighted by molar-refractivity contribution is 5.74. The predicted octanol–water partition coefficient (Wildman–Crippen LogP) is 3.13. The van der Waals surface area contributed by atoms with E-state index >= 15 is 0 Å². The molecule has 3 rings (SSSR count). The summed E-state index contributed by atoms with van der Waals surface area (Å²) in [5.41, 5.74) is 0. The van der Waals surface area contributed by atoms with Gasteiger partial charge in [0.2, 0.25) is 0 Å². The highest BCUT2D eigenvalue weighted by Gasteiger charge is 2.33. The second-order valence-corrected chi connectivity index (χ2v) is 7.66. The molecule has 0 aromatic heterocycles. The molecule has 4 heteroatoms. The van der Waals surface area contributed by atoms with E-state index in [1.165, 1.54) is 57.9 Å². The number of hydrogen-bond acceptors (Lipinski definition) is 2. The molecule has 0 spiro atoms. The number of hydrogen-bond donors (Lipinski definition) is 2. The fourth-order valence-corrected chi connectivity index (χ4v) is 4.88. The summed E-state index contributed by atoms with van der Waals surface area (Å²) in [6, 6.07) is 0.812. The number of piperidine rings is 1. The lowest BCUT2D eigenvalue weighted by Gasteiger charge is -2.39. The Morgan fingerprint density at radius 3 is 2.55 bits per heavy atom. The first-order valence-electron chi connectivity index (χ1n) is 9.54. The summed E-state index contributed by atoms with van der Waals surface area (Å²) in [4.78, 5) is 14.7. The summed E-state index contributed by atoms with van der Waals surface area (Å²) in [6.07, 6.45) is 11.7. The van der Waals surface area contributed by atoms with Crippen LogP contribution < -0.4 is 10.6 Å². The molecule has 0 bridgehead atoms. The van der Waals surface area contributed by atoms with E-state index in [2.05, 4.69) is 22.5 Å². The van der Waals surface area contributed by atoms with Gasteiger partial charge < -0.3 is 15.5 Å². The third kappa shape index (κ3) is 4.15. The van der Waals surface area contributed by atoms with Gasteiger partial charge in [0, 0.05) is 18.6 Å². The maximum Gasteiger partial charge on any atom is 0.315 e. The van der Waals surface area contributed by atoms with Gasteiger partial charge in [-0.25, -0.2) is 4.79 Å². The van der Waals surface area contributed by atoms with Crippen molar-refractivity contribution in [1.82, 2.24) is 15.5 Å². The van der Waals surface area contributed by atoms with Crippen molar-refractivity contribution in [2.24, 2.45) is 11.8 Å². The van der Waals surface area contributed by atoms with E-state index in [4.69, 9.17) is 0 Å². The molecule has 3 aliphatic rings. The SMILES string of the molecule is CCN1CCCC(NC(=O)NC2CCC3CCCCC3C2)C1. The van der Waals surface area contributed by atoms with Crippen LogP contribution in [0.25, 0.3) is 0 Å². The van der Waals surface area contributed by atoms with Crippen molar-refractivity contribution < 1.29 is 4.79 Å². The zero-order chi connectivity index (χ0) is 15.4. The van der Waals surface area contributed by atoms with Gasteiger partial charge in [-0.05, 0) is 57.0 Å². The van der Waals surface area contributed by atoms with Crippen LogP contribution in [0, 0.1) is 11.8 Å². The van der Waals surface area contributed by atoms with Crippen molar-refractivity contribution in [2.45, 2.75) is 76.8 Å². The van der Waals surface area contributed by atoms with E-state index in [1.807, 2.05) is 0 Å². The topological polar surface area (TPSA) is 44.4 Å². The predicted molar refractivity (Wildman–Crippen MR) is 89.9 cm³/mol. The molecule has 0 aromatic rings. The van der Waals surface area contributed by atoms with Crippen LogP contribution in [0.1, 0.15) is 64.7 Å². The van der Waals surface area contributed by atoms with Gasteiger partial charge in [0.1, 0.15) is 0 Å². The first-order chi connectivity index (χ1) is 10.7. The Bertz CT molecular complexity index is 373. The maximum atomic E-state index is 12.3. The van der Waals surface area contributed by atoms with E-state index in [0.29, 0.717) is 12.1 Å². The molecule has 22 heavy (non-hydrogen) atoms. The molecule has 3 fully saturated rings. The number of urea groups is 1. The van der Waals surface area contributed by atoms with Crippen molar-refractivity contribution in [1.29, 1.82) is 0 Å². The minimum absolute atomic E-state index is 0.0715. The average Bonchev–Trinajstić information content (AvgIpc) is 2.55. The normalized spacial score (nSPS) is 36.4. The third-order valence-electron chi connectivity index (χ3n) is 6.16. The Hall–Kier alpha value is -0.770. The van der Waals surface area contributed by atoms with Crippen LogP contribution in [0.3, 0.4) is 0 Å². The fourth-order valence-electron chi connectivity index (χ4n) is 4.88. The van der Waals surface area contributed by atoms with Crippen LogP contribution in [0.15, 0.2) is 0 Å². The molecule has 1 heterocycles. The maximum absolute atomic E-state index is 12.3. The Labute approximate surface area is 135 Å². The number of nitrogens with one attached hydrogen (secondary N) is 2. The van der Waals surface area contributed by atoms with E-state index in [1.54, 1.807) is 0 Å². The van der Waals surface area contributed by atoms with Gasteiger partial charge in [-0.3, -0.25) is 0 Å². The van der Waals surface area contributed by atoms with Crippen molar-refractivity contribution in [2.75, 3.05) is 19.6 Å². The number of nitrogens with zero attached hydrogens (tertiary/aromatic N) is 1. The molecule has 0 aromatic carbocycles. The molecule has 4 unspecified atom stereocenters. The number of carbonyl (C=O) groups is 1. The lowest BCUT2D eigenvalue weighted by molar-refractivity contribution is 0.142. The lowest BCUT2D eigenvalue weighted by atomic mass is 9.69. The van der Waals surface area contributed by atoms with Crippen LogP contribution in [0.2, 0.25) is 0 Å². The summed E-state index contributed by atoms with van der Waals surface area (Å²) in [5, 5.41) is 6.47. The number of rotatable bonds is 3. The first-order valence-corrected chi connectivity index (χ1v) is 9.54. The molecular weight excluding hydrogens is 274 g/mol. The minimum atomic E-state index is 0.0715. The monoisotopic (exact) mass is 307 g/mol. The largest absolute Gasteiger partial charge is 0.335 e. The van der Waals surface area contributed by atoms with Gasteiger partial charge >= 0.3 is 6.03 Å². The van der Waals surface area contributed by atoms with Crippen LogP contribution in [0.5, 0.6) is 0 Å². The Balaban J connectivity index is 1.42. The fraction of sp³-hybridized carbons (Fsp3) is 0.944. The number of likely N-dealkylation sites (N-methyl/N-ethyl adjacent to an activating group) is 1. The summed E-state index contributed by atoms with van der Waals surface area (Å²) in [7, 11) is 0. The lowest BCUT2D eigenvalue weighted by Crippen LogP contribution is -2.53. The van der Waals surface area contributed by atoms with Gasteiger partial charge in [0.05, 0.1) is 0 Å². The van der Waals surface area contributed by atoms with Crippen molar-refractivity contribution in [3.63, 3.8) is 0 Å². The molecule has 4 nitrogen and oxygen atoms in total. The second kappa shape index (κ2) is 7.67. The second-order valence-electron chi connectivity index (χ2n) is 7.66. The van der Waals surface area contributed by atoms with E-state index < -0.39 is 0 Å². The quantitative estimate of drug-likeness (QED) is 0.841. The summed E-state index contributed by atoms with van der Waals surface area (Å²) in [6.45, 7) is 5.48. The zero-order valence-electron chi connectivity index (χ0n) is 14.2. The van der Waals surface area contributed by atoms with E-state index in [0.717, 1.165) is 31.3 Å². The highest BCUT2D eigenvalue weighted by Crippen LogP contribution is 2.40. The summed E-state index contributed by atoms with van der Waals surface area (Å²) >= 11 is 0. The molecule has 1 aliphatic heterocycles. The average molecular weight is 307 g/mol. The van der Waals surface area contributed by atoms with Crippen LogP contribution >= 0.6 is 0 Å². The van der Waals surface area contributed by atoms with Gasteiger partial charge in [0.15, 0.2) is 0 Å². The molecule has 126 valence electrons. The van der Waals surface area contributed by atoms with E-state index in [9.17, 15) is 4.79 Å². The summed E-state index contributed by atoms with van der Waals surface area (Å²) in [5.74, 6) is 1.82. The Morgan fingerprint density at radius 2 is 1.73 bits per heavy atom. The zero-order valence-corrected chi connectivity index (χ0v) is 14.2. The van der Waals surface area contributed by atoms with Crippen molar-refractivity contribution >= 4 is 6.03 Å². The van der Waals surface area contributed by atoms with Crippen LogP contribution in [-0.4, -0.2) is 42.6 Å². The summed E-state index contributed by atoms with van der Waals surface area (Å²) < 4.78 is 0. The van der Waals surface area contributed by atoms with Gasteiger partial charge in [-0.1, -0.05) is 32.6 Å². The molecule has 4 atom stereocenters. The smallest absolute Gasteiger partial charge is 0.315 e. The van der Waals surface area contributed by atoms with Gasteiger partial charge in [-0.15, -0.1) is 0 Å². The number of likely N-dealkylation sites (tertiary alicyclic amines) is 1. The molecule has 0 radical (unpaired) electrons. The highest BCUT2D eigenvalue weighted by atomic mass is 16.2. The first kappa shape index (κ1) is 16.1. The number of fused-ring (bicyclic) bond motifs is 1. The molecule has 2 aliphatic carbocycles. The number of carbonyl (C=O) groups excluding carboxylic acids is 1. The number of amides is 2. The van der Waals surface area contributed by atoms with Crippen LogP contribution in [0.4, 0.5) is 4.79 Å². The van der Waals surface area contributed by atoms with E-state index in [-0.39, 0.29) is 6.03 Å². The van der Waals surface area contributed by atoms with Gasteiger partial charge in [-0.2, -0.15) is 0 Å². The van der Waals surface area contributed by atoms with Crippen molar-refractivity contribution in [3.8, 4) is 0 Å². The van der Waals surface area contributed by atoms with Gasteiger partial charge in [0.25, 0.3) is 0 Å².